The second-order valence-electron chi connectivity index (χ2n) is 5.26. The van der Waals surface area contributed by atoms with E-state index in [-0.39, 0.29) is 6.10 Å². The van der Waals surface area contributed by atoms with Crippen LogP contribution >= 0.6 is 0 Å². The Bertz CT molecular complexity index is 185. The SMILES string of the molecule is CCCN(CCN(C)C)C1CCCCC1O. The largest absolute Gasteiger partial charge is 0.391 e. The van der Waals surface area contributed by atoms with Crippen molar-refractivity contribution >= 4 is 0 Å². The summed E-state index contributed by atoms with van der Waals surface area (Å²) in [5.74, 6) is 0. The number of aliphatic hydroxyl groups excluding tert-OH is 1. The van der Waals surface area contributed by atoms with Gasteiger partial charge in [0.15, 0.2) is 0 Å². The van der Waals surface area contributed by atoms with Gasteiger partial charge in [-0.25, -0.2) is 0 Å². The number of hydrogen-bond donors (Lipinski definition) is 1. The van der Waals surface area contributed by atoms with Gasteiger partial charge >= 0.3 is 0 Å². The normalized spacial score (nSPS) is 26.6. The minimum absolute atomic E-state index is 0.0949. The van der Waals surface area contributed by atoms with Crippen molar-refractivity contribution in [2.75, 3.05) is 33.7 Å². The first-order chi connectivity index (χ1) is 7.65. The zero-order valence-corrected chi connectivity index (χ0v) is 11.2. The molecule has 0 aliphatic heterocycles. The maximum atomic E-state index is 10.1. The summed E-state index contributed by atoms with van der Waals surface area (Å²) in [6.07, 6.45) is 5.73. The molecule has 0 aromatic rings. The van der Waals surface area contributed by atoms with Gasteiger partial charge in [-0.15, -0.1) is 0 Å². The maximum Gasteiger partial charge on any atom is 0.0695 e. The average molecular weight is 228 g/mol. The Hall–Kier alpha value is -0.120. The summed E-state index contributed by atoms with van der Waals surface area (Å²) < 4.78 is 0. The van der Waals surface area contributed by atoms with Crippen molar-refractivity contribution in [3.8, 4) is 0 Å². The van der Waals surface area contributed by atoms with Crippen LogP contribution in [-0.2, 0) is 0 Å². The Morgan fingerprint density at radius 3 is 2.31 bits per heavy atom. The Morgan fingerprint density at radius 2 is 1.75 bits per heavy atom. The van der Waals surface area contributed by atoms with Gasteiger partial charge in [0.1, 0.15) is 0 Å². The van der Waals surface area contributed by atoms with Crippen LogP contribution in [0.15, 0.2) is 0 Å². The zero-order chi connectivity index (χ0) is 12.0. The van der Waals surface area contributed by atoms with E-state index >= 15 is 0 Å². The highest BCUT2D eigenvalue weighted by Crippen LogP contribution is 2.23. The van der Waals surface area contributed by atoms with Gasteiger partial charge in [-0.05, 0) is 39.9 Å². The fourth-order valence-corrected chi connectivity index (χ4v) is 2.58. The average Bonchev–Trinajstić information content (AvgIpc) is 2.25. The van der Waals surface area contributed by atoms with Gasteiger partial charge in [-0.1, -0.05) is 19.8 Å². The van der Waals surface area contributed by atoms with E-state index in [1.807, 2.05) is 0 Å². The van der Waals surface area contributed by atoms with E-state index in [0.29, 0.717) is 6.04 Å². The van der Waals surface area contributed by atoms with Crippen LogP contribution in [-0.4, -0.2) is 60.8 Å². The second kappa shape index (κ2) is 7.25. The summed E-state index contributed by atoms with van der Waals surface area (Å²) in [5.41, 5.74) is 0. The molecule has 2 atom stereocenters. The van der Waals surface area contributed by atoms with E-state index in [2.05, 4.69) is 30.8 Å². The van der Waals surface area contributed by atoms with Gasteiger partial charge in [0.25, 0.3) is 0 Å². The van der Waals surface area contributed by atoms with Gasteiger partial charge in [-0.2, -0.15) is 0 Å². The molecule has 2 unspecified atom stereocenters. The fourth-order valence-electron chi connectivity index (χ4n) is 2.58. The van der Waals surface area contributed by atoms with Crippen LogP contribution in [0.1, 0.15) is 39.0 Å². The quantitative estimate of drug-likeness (QED) is 0.747. The van der Waals surface area contributed by atoms with Gasteiger partial charge in [0.2, 0.25) is 0 Å². The van der Waals surface area contributed by atoms with Crippen molar-refractivity contribution in [3.63, 3.8) is 0 Å². The van der Waals surface area contributed by atoms with Crippen LogP contribution in [0.3, 0.4) is 0 Å². The molecule has 0 heterocycles. The van der Waals surface area contributed by atoms with Crippen molar-refractivity contribution in [2.45, 2.75) is 51.2 Å². The molecule has 0 bridgehead atoms. The molecule has 0 spiro atoms. The van der Waals surface area contributed by atoms with E-state index in [0.717, 1.165) is 26.1 Å². The molecular weight excluding hydrogens is 200 g/mol. The van der Waals surface area contributed by atoms with Gasteiger partial charge in [-0.3, -0.25) is 4.90 Å². The Labute approximate surface area is 100 Å². The summed E-state index contributed by atoms with van der Waals surface area (Å²) >= 11 is 0. The van der Waals surface area contributed by atoms with Crippen LogP contribution in [0.5, 0.6) is 0 Å². The molecule has 16 heavy (non-hydrogen) atoms. The van der Waals surface area contributed by atoms with Crippen molar-refractivity contribution in [3.05, 3.63) is 0 Å². The number of likely N-dealkylation sites (N-methyl/N-ethyl adjacent to an activating group) is 1. The van der Waals surface area contributed by atoms with Crippen molar-refractivity contribution in [1.29, 1.82) is 0 Å². The van der Waals surface area contributed by atoms with Crippen molar-refractivity contribution in [2.24, 2.45) is 0 Å². The monoisotopic (exact) mass is 228 g/mol. The molecule has 0 aromatic carbocycles. The van der Waals surface area contributed by atoms with Crippen LogP contribution in [0.25, 0.3) is 0 Å². The lowest BCUT2D eigenvalue weighted by molar-refractivity contribution is 0.0172. The molecular formula is C13H28N2O. The van der Waals surface area contributed by atoms with Gasteiger partial charge in [0.05, 0.1) is 6.10 Å². The lowest BCUT2D eigenvalue weighted by Gasteiger charge is -2.38. The first-order valence-corrected chi connectivity index (χ1v) is 6.72. The summed E-state index contributed by atoms with van der Waals surface area (Å²) in [6.45, 7) is 5.51. The lowest BCUT2D eigenvalue weighted by atomic mass is 9.91. The summed E-state index contributed by atoms with van der Waals surface area (Å²) in [5, 5.41) is 10.1. The molecule has 3 nitrogen and oxygen atoms in total. The highest BCUT2D eigenvalue weighted by molar-refractivity contribution is 4.83. The van der Waals surface area contributed by atoms with E-state index < -0.39 is 0 Å². The number of aliphatic hydroxyl groups is 1. The molecule has 1 rings (SSSR count). The topological polar surface area (TPSA) is 26.7 Å². The molecule has 0 amide bonds. The fraction of sp³-hybridized carbons (Fsp3) is 1.00. The third-order valence-electron chi connectivity index (χ3n) is 3.51. The molecule has 0 saturated heterocycles. The second-order valence-corrected chi connectivity index (χ2v) is 5.26. The predicted octanol–water partition coefficient (Wildman–Crippen LogP) is 1.56. The van der Waals surface area contributed by atoms with Crippen LogP contribution < -0.4 is 0 Å². The number of rotatable bonds is 6. The number of nitrogens with zero attached hydrogens (tertiary/aromatic N) is 2. The van der Waals surface area contributed by atoms with Crippen LogP contribution in [0.4, 0.5) is 0 Å². The maximum absolute atomic E-state index is 10.1. The summed E-state index contributed by atoms with van der Waals surface area (Å²) in [6, 6.07) is 0.411. The molecule has 1 N–H and O–H groups in total. The van der Waals surface area contributed by atoms with E-state index in [4.69, 9.17) is 0 Å². The van der Waals surface area contributed by atoms with Gasteiger partial charge < -0.3 is 10.0 Å². The zero-order valence-electron chi connectivity index (χ0n) is 11.2. The minimum atomic E-state index is -0.0949. The molecule has 3 heteroatoms. The minimum Gasteiger partial charge on any atom is -0.391 e. The molecule has 0 aromatic heterocycles. The highest BCUT2D eigenvalue weighted by atomic mass is 16.3. The molecule has 0 radical (unpaired) electrons. The van der Waals surface area contributed by atoms with E-state index in [9.17, 15) is 5.11 Å². The molecule has 1 aliphatic carbocycles. The third kappa shape index (κ3) is 4.40. The smallest absolute Gasteiger partial charge is 0.0695 e. The van der Waals surface area contributed by atoms with Crippen LogP contribution in [0, 0.1) is 0 Å². The first kappa shape index (κ1) is 13.9. The van der Waals surface area contributed by atoms with Crippen molar-refractivity contribution in [1.82, 2.24) is 9.80 Å². The predicted molar refractivity (Wildman–Crippen MR) is 68.7 cm³/mol. The summed E-state index contributed by atoms with van der Waals surface area (Å²) in [4.78, 5) is 4.71. The summed E-state index contributed by atoms with van der Waals surface area (Å²) in [7, 11) is 4.23. The highest BCUT2D eigenvalue weighted by Gasteiger charge is 2.27. The Kier molecular flexibility index (Phi) is 6.32. The first-order valence-electron chi connectivity index (χ1n) is 6.72. The van der Waals surface area contributed by atoms with Crippen molar-refractivity contribution < 1.29 is 5.11 Å². The van der Waals surface area contributed by atoms with Crippen LogP contribution in [0.2, 0.25) is 0 Å². The standard InChI is InChI=1S/C13H28N2O/c1-4-9-15(11-10-14(2)3)12-7-5-6-8-13(12)16/h12-13,16H,4-11H2,1-3H3. The van der Waals surface area contributed by atoms with E-state index in [1.165, 1.54) is 25.7 Å². The third-order valence-corrected chi connectivity index (χ3v) is 3.51. The molecule has 96 valence electrons. The number of hydrogen-bond acceptors (Lipinski definition) is 3. The van der Waals surface area contributed by atoms with Gasteiger partial charge in [0, 0.05) is 19.1 Å². The Morgan fingerprint density at radius 1 is 1.06 bits per heavy atom. The molecule has 1 aliphatic rings. The molecule has 1 saturated carbocycles. The Balaban J connectivity index is 2.46. The lowest BCUT2D eigenvalue weighted by Crippen LogP contribution is -2.48. The van der Waals surface area contributed by atoms with E-state index in [1.54, 1.807) is 0 Å². The molecule has 1 fully saturated rings.